The molecule has 0 spiro atoms. The fraction of sp³-hybridized carbons (Fsp3) is 0.652. The predicted octanol–water partition coefficient (Wildman–Crippen LogP) is 2.60. The zero-order valence-electron chi connectivity index (χ0n) is 17.6. The third-order valence-corrected chi connectivity index (χ3v) is 7.15. The molecule has 3 fully saturated rings. The molecule has 2 amide bonds. The van der Waals surface area contributed by atoms with Crippen molar-refractivity contribution in [2.45, 2.75) is 50.6 Å². The van der Waals surface area contributed by atoms with Crippen LogP contribution in [0, 0.1) is 11.8 Å². The highest BCUT2D eigenvalue weighted by Crippen LogP contribution is 2.38. The number of carbonyl (C=O) groups excluding carboxylic acids is 2. The van der Waals surface area contributed by atoms with E-state index in [4.69, 9.17) is 4.74 Å². The van der Waals surface area contributed by atoms with Crippen LogP contribution in [0.4, 0.5) is 0 Å². The minimum Gasteiger partial charge on any atom is -0.497 e. The van der Waals surface area contributed by atoms with Gasteiger partial charge in [0.05, 0.1) is 19.1 Å². The second-order valence-electron chi connectivity index (χ2n) is 8.78. The molecule has 0 aromatic heterocycles. The van der Waals surface area contributed by atoms with Crippen molar-refractivity contribution < 1.29 is 14.3 Å². The second-order valence-corrected chi connectivity index (χ2v) is 8.78. The van der Waals surface area contributed by atoms with Crippen LogP contribution < -0.4 is 10.1 Å². The molecule has 158 valence electrons. The number of benzene rings is 1. The van der Waals surface area contributed by atoms with Crippen LogP contribution in [0.1, 0.15) is 50.1 Å². The molecule has 6 heteroatoms. The standard InChI is InChI=1S/C23H33N3O3/c1-25-21(27)14-19(22(25)16-8-10-18(29-2)11-9-16)23(28)24-15-17-6-5-13-26-12-4-3-7-20(17)26/h8-11,17,19-20,22H,3-7,12-15H2,1-2H3,(H,24,28)/t17-,19+,20+,22-/m0/s1. The van der Waals surface area contributed by atoms with E-state index in [2.05, 4.69) is 10.2 Å². The Morgan fingerprint density at radius 2 is 1.90 bits per heavy atom. The smallest absolute Gasteiger partial charge is 0.226 e. The lowest BCUT2D eigenvalue weighted by molar-refractivity contribution is -0.128. The lowest BCUT2D eigenvalue weighted by Gasteiger charge is -2.44. The van der Waals surface area contributed by atoms with Crippen molar-refractivity contribution in [3.63, 3.8) is 0 Å². The number of hydrogen-bond donors (Lipinski definition) is 1. The van der Waals surface area contributed by atoms with Gasteiger partial charge in [-0.1, -0.05) is 18.6 Å². The third kappa shape index (κ3) is 4.13. The number of rotatable bonds is 5. The average Bonchev–Trinajstić information content (AvgIpc) is 3.06. The van der Waals surface area contributed by atoms with E-state index in [9.17, 15) is 9.59 Å². The highest BCUT2D eigenvalue weighted by Gasteiger charge is 2.43. The number of methoxy groups -OCH3 is 1. The van der Waals surface area contributed by atoms with E-state index in [1.54, 1.807) is 19.1 Å². The molecule has 4 atom stereocenters. The number of piperidine rings is 2. The predicted molar refractivity (Wildman–Crippen MR) is 112 cm³/mol. The number of nitrogens with zero attached hydrogens (tertiary/aromatic N) is 2. The second kappa shape index (κ2) is 8.74. The van der Waals surface area contributed by atoms with Gasteiger partial charge in [-0.25, -0.2) is 0 Å². The monoisotopic (exact) mass is 399 g/mol. The summed E-state index contributed by atoms with van der Waals surface area (Å²) in [5, 5.41) is 3.22. The lowest BCUT2D eigenvalue weighted by Crippen LogP contribution is -2.51. The first kappa shape index (κ1) is 20.2. The van der Waals surface area contributed by atoms with Crippen LogP contribution in [0.3, 0.4) is 0 Å². The van der Waals surface area contributed by atoms with Gasteiger partial charge in [0.1, 0.15) is 5.75 Å². The minimum atomic E-state index is -0.341. The molecule has 3 saturated heterocycles. The first-order valence-electron chi connectivity index (χ1n) is 11.0. The van der Waals surface area contributed by atoms with Crippen molar-refractivity contribution in [3.05, 3.63) is 29.8 Å². The summed E-state index contributed by atoms with van der Waals surface area (Å²) in [5.41, 5.74) is 0.982. The molecule has 0 bridgehead atoms. The summed E-state index contributed by atoms with van der Waals surface area (Å²) in [6.45, 7) is 3.14. The van der Waals surface area contributed by atoms with Gasteiger partial charge in [0, 0.05) is 26.1 Å². The van der Waals surface area contributed by atoms with Crippen LogP contribution in [-0.4, -0.2) is 61.4 Å². The summed E-state index contributed by atoms with van der Waals surface area (Å²) in [4.78, 5) is 29.9. The van der Waals surface area contributed by atoms with Crippen LogP contribution in [-0.2, 0) is 9.59 Å². The number of ether oxygens (including phenoxy) is 1. The molecule has 1 aromatic rings. The van der Waals surface area contributed by atoms with E-state index >= 15 is 0 Å². The number of fused-ring (bicyclic) bond motifs is 1. The SMILES string of the molecule is COc1ccc([C@H]2[C@H](C(=O)NC[C@@H]3CCCN4CCCC[C@H]34)CC(=O)N2C)cc1. The summed E-state index contributed by atoms with van der Waals surface area (Å²) >= 11 is 0. The molecule has 1 N–H and O–H groups in total. The van der Waals surface area contributed by atoms with Gasteiger partial charge in [0.2, 0.25) is 11.8 Å². The molecule has 4 rings (SSSR count). The number of likely N-dealkylation sites (tertiary alicyclic amines) is 1. The highest BCUT2D eigenvalue weighted by atomic mass is 16.5. The van der Waals surface area contributed by atoms with Crippen LogP contribution in [0.5, 0.6) is 5.75 Å². The maximum atomic E-state index is 13.1. The molecule has 0 saturated carbocycles. The molecule has 6 nitrogen and oxygen atoms in total. The van der Waals surface area contributed by atoms with Crippen LogP contribution in [0.2, 0.25) is 0 Å². The van der Waals surface area contributed by atoms with Gasteiger partial charge in [0.15, 0.2) is 0 Å². The van der Waals surface area contributed by atoms with Gasteiger partial charge in [-0.15, -0.1) is 0 Å². The van der Waals surface area contributed by atoms with E-state index in [1.165, 1.54) is 45.2 Å². The molecule has 0 aliphatic carbocycles. The number of nitrogens with one attached hydrogen (secondary N) is 1. The van der Waals surface area contributed by atoms with Crippen molar-refractivity contribution in [2.75, 3.05) is 33.8 Å². The van der Waals surface area contributed by atoms with E-state index in [1.807, 2.05) is 24.3 Å². The van der Waals surface area contributed by atoms with Crippen molar-refractivity contribution in [2.24, 2.45) is 11.8 Å². The van der Waals surface area contributed by atoms with Gasteiger partial charge in [0.25, 0.3) is 0 Å². The average molecular weight is 400 g/mol. The minimum absolute atomic E-state index is 0.0106. The van der Waals surface area contributed by atoms with Crippen molar-refractivity contribution in [3.8, 4) is 5.75 Å². The molecule has 0 unspecified atom stereocenters. The summed E-state index contributed by atoms with van der Waals surface area (Å²) in [5.74, 6) is 1.00. The normalized spacial score (nSPS) is 30.1. The molecule has 3 aliphatic rings. The molecular weight excluding hydrogens is 366 g/mol. The Morgan fingerprint density at radius 1 is 1.14 bits per heavy atom. The van der Waals surface area contributed by atoms with Crippen LogP contribution >= 0.6 is 0 Å². The Labute approximate surface area is 173 Å². The highest BCUT2D eigenvalue weighted by molar-refractivity contribution is 5.90. The maximum absolute atomic E-state index is 13.1. The van der Waals surface area contributed by atoms with Gasteiger partial charge >= 0.3 is 0 Å². The van der Waals surface area contributed by atoms with Crippen molar-refractivity contribution in [1.82, 2.24) is 15.1 Å². The molecule has 1 aromatic carbocycles. The molecular formula is C23H33N3O3. The topological polar surface area (TPSA) is 61.9 Å². The lowest BCUT2D eigenvalue weighted by atomic mass is 9.83. The third-order valence-electron chi connectivity index (χ3n) is 7.15. The molecule has 3 aliphatic heterocycles. The number of hydrogen-bond acceptors (Lipinski definition) is 4. The van der Waals surface area contributed by atoms with E-state index < -0.39 is 0 Å². The molecule has 0 radical (unpaired) electrons. The maximum Gasteiger partial charge on any atom is 0.226 e. The summed E-state index contributed by atoms with van der Waals surface area (Å²) in [7, 11) is 3.43. The van der Waals surface area contributed by atoms with Crippen LogP contribution in [0.15, 0.2) is 24.3 Å². The zero-order chi connectivity index (χ0) is 20.4. The molecule has 29 heavy (non-hydrogen) atoms. The van der Waals surface area contributed by atoms with Gasteiger partial charge in [-0.2, -0.15) is 0 Å². The van der Waals surface area contributed by atoms with Gasteiger partial charge in [-0.05, 0) is 62.4 Å². The summed E-state index contributed by atoms with van der Waals surface area (Å²) < 4.78 is 5.24. The first-order chi connectivity index (χ1) is 14.1. The Hall–Kier alpha value is -2.08. The zero-order valence-corrected chi connectivity index (χ0v) is 17.6. The number of carbonyl (C=O) groups is 2. The Morgan fingerprint density at radius 3 is 2.66 bits per heavy atom. The summed E-state index contributed by atoms with van der Waals surface area (Å²) in [6.07, 6.45) is 6.53. The van der Waals surface area contributed by atoms with E-state index in [0.29, 0.717) is 12.0 Å². The van der Waals surface area contributed by atoms with E-state index in [0.717, 1.165) is 17.9 Å². The largest absolute Gasteiger partial charge is 0.497 e. The Kier molecular flexibility index (Phi) is 6.09. The number of amides is 2. The van der Waals surface area contributed by atoms with Crippen LogP contribution in [0.25, 0.3) is 0 Å². The van der Waals surface area contributed by atoms with Crippen molar-refractivity contribution in [1.29, 1.82) is 0 Å². The van der Waals surface area contributed by atoms with E-state index in [-0.39, 0.29) is 30.2 Å². The van der Waals surface area contributed by atoms with Gasteiger partial charge in [-0.3, -0.25) is 9.59 Å². The van der Waals surface area contributed by atoms with Crippen molar-refractivity contribution >= 4 is 11.8 Å². The summed E-state index contributed by atoms with van der Waals surface area (Å²) in [6, 6.07) is 8.09. The van der Waals surface area contributed by atoms with Gasteiger partial charge < -0.3 is 19.9 Å². The Bertz CT molecular complexity index is 733. The Balaban J connectivity index is 1.42. The fourth-order valence-electron chi connectivity index (χ4n) is 5.54. The quantitative estimate of drug-likeness (QED) is 0.827. The first-order valence-corrected chi connectivity index (χ1v) is 11.0. The fourth-order valence-corrected chi connectivity index (χ4v) is 5.54. The molecule has 3 heterocycles.